The average molecular weight is 283 g/mol. The van der Waals surface area contributed by atoms with Crippen LogP contribution in [0.4, 0.5) is 5.88 Å². The van der Waals surface area contributed by atoms with Gasteiger partial charge in [0, 0.05) is 4.47 Å². The average Bonchev–Trinajstić information content (AvgIpc) is 2.68. The number of nitrogens with zero attached hydrogens (tertiary/aromatic N) is 1. The van der Waals surface area contributed by atoms with Crippen molar-refractivity contribution >= 4 is 21.8 Å². The molecule has 2 rings (SSSR count). The second-order valence-electron chi connectivity index (χ2n) is 3.39. The Morgan fingerprint density at radius 1 is 1.38 bits per heavy atom. The molecule has 2 aromatic rings. The van der Waals surface area contributed by atoms with Crippen LogP contribution in [0.15, 0.2) is 27.3 Å². The van der Waals surface area contributed by atoms with E-state index in [1.54, 1.807) is 13.3 Å². The molecule has 5 heteroatoms. The van der Waals surface area contributed by atoms with Gasteiger partial charge in [-0.2, -0.15) is 0 Å². The van der Waals surface area contributed by atoms with Crippen molar-refractivity contribution in [2.45, 2.75) is 6.92 Å². The molecule has 1 heterocycles. The number of ether oxygens (including phenoxy) is 1. The van der Waals surface area contributed by atoms with Gasteiger partial charge in [-0.05, 0) is 30.2 Å². The van der Waals surface area contributed by atoms with Gasteiger partial charge >= 0.3 is 0 Å². The molecule has 0 bridgehead atoms. The lowest BCUT2D eigenvalue weighted by Crippen LogP contribution is -1.91. The molecule has 0 saturated carbocycles. The van der Waals surface area contributed by atoms with E-state index >= 15 is 0 Å². The second kappa shape index (κ2) is 4.17. The van der Waals surface area contributed by atoms with Crippen LogP contribution in [0.25, 0.3) is 11.1 Å². The van der Waals surface area contributed by atoms with E-state index < -0.39 is 0 Å². The summed E-state index contributed by atoms with van der Waals surface area (Å²) in [6.45, 7) is 1.99. The van der Waals surface area contributed by atoms with Crippen LogP contribution in [0.1, 0.15) is 5.56 Å². The van der Waals surface area contributed by atoms with E-state index in [1.807, 2.05) is 19.1 Å². The van der Waals surface area contributed by atoms with E-state index in [2.05, 4.69) is 21.1 Å². The highest BCUT2D eigenvalue weighted by molar-refractivity contribution is 9.10. The molecule has 0 spiro atoms. The monoisotopic (exact) mass is 282 g/mol. The first kappa shape index (κ1) is 11.0. The van der Waals surface area contributed by atoms with Gasteiger partial charge in [-0.1, -0.05) is 21.1 Å². The normalized spacial score (nSPS) is 10.4. The smallest absolute Gasteiger partial charge is 0.229 e. The lowest BCUT2D eigenvalue weighted by atomic mass is 10.0. The molecule has 0 aliphatic heterocycles. The second-order valence-corrected chi connectivity index (χ2v) is 4.24. The molecule has 84 valence electrons. The molecular formula is C11H11BrN2O2. The third-order valence-corrected chi connectivity index (χ3v) is 3.27. The zero-order chi connectivity index (χ0) is 11.7. The minimum Gasteiger partial charge on any atom is -0.497 e. The van der Waals surface area contributed by atoms with Crippen LogP contribution in [0, 0.1) is 6.92 Å². The lowest BCUT2D eigenvalue weighted by Gasteiger charge is -2.09. The number of hydrogen-bond donors (Lipinski definition) is 1. The SMILES string of the molecule is COc1cc(Br)c(C)c(-c2cnoc2N)c1. The molecule has 1 aromatic heterocycles. The predicted molar refractivity (Wildman–Crippen MR) is 65.3 cm³/mol. The Kier molecular flexibility index (Phi) is 2.87. The van der Waals surface area contributed by atoms with Crippen LogP contribution >= 0.6 is 15.9 Å². The van der Waals surface area contributed by atoms with E-state index in [1.165, 1.54) is 0 Å². The summed E-state index contributed by atoms with van der Waals surface area (Å²) in [6, 6.07) is 3.81. The van der Waals surface area contributed by atoms with E-state index in [-0.39, 0.29) is 0 Å². The predicted octanol–water partition coefficient (Wildman–Crippen LogP) is 3.00. The van der Waals surface area contributed by atoms with Crippen LogP contribution in [-0.4, -0.2) is 12.3 Å². The molecule has 0 aliphatic carbocycles. The topological polar surface area (TPSA) is 61.3 Å². The fraction of sp³-hybridized carbons (Fsp3) is 0.182. The van der Waals surface area contributed by atoms with E-state index in [9.17, 15) is 0 Å². The quantitative estimate of drug-likeness (QED) is 0.920. The summed E-state index contributed by atoms with van der Waals surface area (Å²) in [4.78, 5) is 0. The molecule has 16 heavy (non-hydrogen) atoms. The molecular weight excluding hydrogens is 272 g/mol. The van der Waals surface area contributed by atoms with Gasteiger partial charge in [-0.25, -0.2) is 0 Å². The van der Waals surface area contributed by atoms with Crippen molar-refractivity contribution in [1.82, 2.24) is 5.16 Å². The first-order chi connectivity index (χ1) is 7.63. The number of anilines is 1. The fourth-order valence-corrected chi connectivity index (χ4v) is 1.94. The lowest BCUT2D eigenvalue weighted by molar-refractivity contribution is 0.414. The first-order valence-electron chi connectivity index (χ1n) is 4.68. The third kappa shape index (κ3) is 1.78. The van der Waals surface area contributed by atoms with E-state index in [0.717, 1.165) is 26.9 Å². The van der Waals surface area contributed by atoms with Gasteiger partial charge in [-0.3, -0.25) is 0 Å². The number of aromatic nitrogens is 1. The van der Waals surface area contributed by atoms with Crippen molar-refractivity contribution < 1.29 is 9.26 Å². The summed E-state index contributed by atoms with van der Waals surface area (Å²) in [5.41, 5.74) is 8.49. The maximum atomic E-state index is 5.70. The van der Waals surface area contributed by atoms with Crippen molar-refractivity contribution in [2.24, 2.45) is 0 Å². The Labute approximate surface area is 102 Å². The summed E-state index contributed by atoms with van der Waals surface area (Å²) in [6.07, 6.45) is 1.60. The van der Waals surface area contributed by atoms with E-state index in [4.69, 9.17) is 15.0 Å². The number of rotatable bonds is 2. The summed E-state index contributed by atoms with van der Waals surface area (Å²) in [7, 11) is 1.62. The third-order valence-electron chi connectivity index (χ3n) is 2.44. The van der Waals surface area contributed by atoms with Gasteiger partial charge in [0.2, 0.25) is 5.88 Å². The van der Waals surface area contributed by atoms with Crippen LogP contribution in [-0.2, 0) is 0 Å². The highest BCUT2D eigenvalue weighted by Gasteiger charge is 2.13. The Balaban J connectivity index is 2.64. The van der Waals surface area contributed by atoms with Crippen molar-refractivity contribution in [3.63, 3.8) is 0 Å². The summed E-state index contributed by atoms with van der Waals surface area (Å²) in [5, 5.41) is 3.67. The minimum absolute atomic E-state index is 0.309. The van der Waals surface area contributed by atoms with Gasteiger partial charge in [0.1, 0.15) is 5.75 Å². The van der Waals surface area contributed by atoms with Crippen molar-refractivity contribution in [1.29, 1.82) is 0 Å². The maximum absolute atomic E-state index is 5.70. The van der Waals surface area contributed by atoms with Gasteiger partial charge in [-0.15, -0.1) is 0 Å². The molecule has 0 unspecified atom stereocenters. The first-order valence-corrected chi connectivity index (χ1v) is 5.47. The summed E-state index contributed by atoms with van der Waals surface area (Å²) in [5.74, 6) is 1.07. The molecule has 4 nitrogen and oxygen atoms in total. The standard InChI is InChI=1S/C11H11BrN2O2/c1-6-8(9-5-14-16-11(9)13)3-7(15-2)4-10(6)12/h3-5H,13H2,1-2H3. The minimum atomic E-state index is 0.309. The van der Waals surface area contributed by atoms with Gasteiger partial charge < -0.3 is 15.0 Å². The number of hydrogen-bond acceptors (Lipinski definition) is 4. The van der Waals surface area contributed by atoms with Crippen molar-refractivity contribution in [3.8, 4) is 16.9 Å². The molecule has 0 radical (unpaired) electrons. The fourth-order valence-electron chi connectivity index (χ4n) is 1.50. The molecule has 0 saturated heterocycles. The number of benzene rings is 1. The summed E-state index contributed by atoms with van der Waals surface area (Å²) >= 11 is 3.48. The van der Waals surface area contributed by atoms with Gasteiger partial charge in [0.05, 0.1) is 18.9 Å². The van der Waals surface area contributed by atoms with Crippen molar-refractivity contribution in [2.75, 3.05) is 12.8 Å². The molecule has 0 amide bonds. The zero-order valence-corrected chi connectivity index (χ0v) is 10.5. The maximum Gasteiger partial charge on any atom is 0.229 e. The molecule has 0 fully saturated rings. The summed E-state index contributed by atoms with van der Waals surface area (Å²) < 4.78 is 11.0. The van der Waals surface area contributed by atoms with Gasteiger partial charge in [0.25, 0.3) is 0 Å². The Bertz CT molecular complexity index is 523. The number of methoxy groups -OCH3 is 1. The van der Waals surface area contributed by atoms with E-state index in [0.29, 0.717) is 5.88 Å². The number of halogens is 1. The van der Waals surface area contributed by atoms with Crippen LogP contribution in [0.5, 0.6) is 5.75 Å². The van der Waals surface area contributed by atoms with Gasteiger partial charge in [0.15, 0.2) is 0 Å². The number of nitrogen functional groups attached to an aromatic ring is 1. The van der Waals surface area contributed by atoms with Crippen LogP contribution in [0.3, 0.4) is 0 Å². The Hall–Kier alpha value is -1.49. The zero-order valence-electron chi connectivity index (χ0n) is 8.95. The van der Waals surface area contributed by atoms with Crippen LogP contribution in [0.2, 0.25) is 0 Å². The highest BCUT2D eigenvalue weighted by Crippen LogP contribution is 2.35. The van der Waals surface area contributed by atoms with Crippen molar-refractivity contribution in [3.05, 3.63) is 28.4 Å². The molecule has 1 aromatic carbocycles. The molecule has 0 atom stereocenters. The number of nitrogens with two attached hydrogens (primary N) is 1. The molecule has 2 N–H and O–H groups in total. The Morgan fingerprint density at radius 3 is 2.69 bits per heavy atom. The van der Waals surface area contributed by atoms with Crippen LogP contribution < -0.4 is 10.5 Å². The largest absolute Gasteiger partial charge is 0.497 e. The highest BCUT2D eigenvalue weighted by atomic mass is 79.9. The Morgan fingerprint density at radius 2 is 2.12 bits per heavy atom. The molecule has 0 aliphatic rings.